The topological polar surface area (TPSA) is 72.9 Å². The monoisotopic (exact) mass is 238 g/mol. The standard InChI is InChI=1S/C12H22N4O/c1-8(2)5-11(13)12(17)14-6-10-7-15-16(4)9(10)3/h7-8,11H,5-6,13H2,1-4H3,(H,14,17)/t11-/m0/s1. The zero-order valence-electron chi connectivity index (χ0n) is 11.0. The number of amides is 1. The molecule has 5 nitrogen and oxygen atoms in total. The Labute approximate surface area is 102 Å². The molecule has 0 aromatic carbocycles. The third kappa shape index (κ3) is 3.85. The molecular weight excluding hydrogens is 216 g/mol. The predicted molar refractivity (Wildman–Crippen MR) is 67.2 cm³/mol. The van der Waals surface area contributed by atoms with Crippen LogP contribution in [0.3, 0.4) is 0 Å². The minimum absolute atomic E-state index is 0.0954. The van der Waals surface area contributed by atoms with E-state index in [1.54, 1.807) is 10.9 Å². The van der Waals surface area contributed by atoms with Crippen molar-refractivity contribution in [3.63, 3.8) is 0 Å². The fourth-order valence-electron chi connectivity index (χ4n) is 1.65. The van der Waals surface area contributed by atoms with Crippen LogP contribution in [0.15, 0.2) is 6.20 Å². The van der Waals surface area contributed by atoms with Gasteiger partial charge in [-0.05, 0) is 19.3 Å². The molecule has 1 rings (SSSR count). The molecule has 0 unspecified atom stereocenters. The summed E-state index contributed by atoms with van der Waals surface area (Å²) in [5.74, 6) is 0.331. The Morgan fingerprint density at radius 3 is 2.71 bits per heavy atom. The van der Waals surface area contributed by atoms with E-state index in [0.717, 1.165) is 11.3 Å². The number of nitrogens with zero attached hydrogens (tertiary/aromatic N) is 2. The van der Waals surface area contributed by atoms with Crippen LogP contribution in [-0.4, -0.2) is 21.7 Å². The zero-order chi connectivity index (χ0) is 13.0. The number of carbonyl (C=O) groups excluding carboxylic acids is 1. The predicted octanol–water partition coefficient (Wildman–Crippen LogP) is 0.718. The molecule has 0 saturated carbocycles. The van der Waals surface area contributed by atoms with E-state index in [0.29, 0.717) is 18.9 Å². The third-order valence-corrected chi connectivity index (χ3v) is 2.85. The molecule has 1 amide bonds. The van der Waals surface area contributed by atoms with E-state index in [1.165, 1.54) is 0 Å². The van der Waals surface area contributed by atoms with Crippen LogP contribution in [0.2, 0.25) is 0 Å². The van der Waals surface area contributed by atoms with Crippen LogP contribution in [0, 0.1) is 12.8 Å². The van der Waals surface area contributed by atoms with E-state index in [4.69, 9.17) is 5.73 Å². The van der Waals surface area contributed by atoms with Gasteiger partial charge in [0.25, 0.3) is 0 Å². The second-order valence-corrected chi connectivity index (χ2v) is 4.83. The summed E-state index contributed by atoms with van der Waals surface area (Å²) in [6.45, 7) is 6.57. The number of aryl methyl sites for hydroxylation is 1. The Morgan fingerprint density at radius 2 is 2.24 bits per heavy atom. The highest BCUT2D eigenvalue weighted by atomic mass is 16.2. The fourth-order valence-corrected chi connectivity index (χ4v) is 1.65. The van der Waals surface area contributed by atoms with E-state index < -0.39 is 6.04 Å². The molecule has 1 aromatic rings. The van der Waals surface area contributed by atoms with Crippen LogP contribution in [0.25, 0.3) is 0 Å². The molecule has 1 heterocycles. The minimum atomic E-state index is -0.424. The molecule has 0 spiro atoms. The molecule has 0 aliphatic rings. The summed E-state index contributed by atoms with van der Waals surface area (Å²) >= 11 is 0. The third-order valence-electron chi connectivity index (χ3n) is 2.85. The van der Waals surface area contributed by atoms with Crippen LogP contribution in [0.4, 0.5) is 0 Å². The van der Waals surface area contributed by atoms with Gasteiger partial charge in [0, 0.05) is 24.8 Å². The SMILES string of the molecule is Cc1c(CNC(=O)[C@@H](N)CC(C)C)cnn1C. The number of rotatable bonds is 5. The van der Waals surface area contributed by atoms with Crippen molar-refractivity contribution < 1.29 is 4.79 Å². The molecule has 1 aromatic heterocycles. The van der Waals surface area contributed by atoms with E-state index >= 15 is 0 Å². The Kier molecular flexibility index (Phi) is 4.69. The molecule has 3 N–H and O–H groups in total. The van der Waals surface area contributed by atoms with Crippen molar-refractivity contribution in [1.82, 2.24) is 15.1 Å². The molecule has 1 atom stereocenters. The minimum Gasteiger partial charge on any atom is -0.351 e. The van der Waals surface area contributed by atoms with Gasteiger partial charge in [-0.3, -0.25) is 9.48 Å². The first-order valence-corrected chi connectivity index (χ1v) is 5.92. The number of hydrogen-bond acceptors (Lipinski definition) is 3. The molecular formula is C12H22N4O. The van der Waals surface area contributed by atoms with Crippen LogP contribution < -0.4 is 11.1 Å². The molecule has 17 heavy (non-hydrogen) atoms. The summed E-state index contributed by atoms with van der Waals surface area (Å²) in [6.07, 6.45) is 2.47. The first kappa shape index (κ1) is 13.7. The lowest BCUT2D eigenvalue weighted by Crippen LogP contribution is -2.41. The lowest BCUT2D eigenvalue weighted by Gasteiger charge is -2.13. The first-order valence-electron chi connectivity index (χ1n) is 5.92. The van der Waals surface area contributed by atoms with E-state index in [-0.39, 0.29) is 5.91 Å². The van der Waals surface area contributed by atoms with Gasteiger partial charge in [-0.2, -0.15) is 5.10 Å². The van der Waals surface area contributed by atoms with Crippen molar-refractivity contribution in [1.29, 1.82) is 0 Å². The highest BCUT2D eigenvalue weighted by Crippen LogP contribution is 2.06. The molecule has 0 aliphatic heterocycles. The molecule has 96 valence electrons. The molecule has 0 bridgehead atoms. The van der Waals surface area contributed by atoms with E-state index in [2.05, 4.69) is 24.3 Å². The lowest BCUT2D eigenvalue weighted by molar-refractivity contribution is -0.122. The van der Waals surface area contributed by atoms with Gasteiger partial charge in [-0.25, -0.2) is 0 Å². The molecule has 0 saturated heterocycles. The average molecular weight is 238 g/mol. The van der Waals surface area contributed by atoms with Gasteiger partial charge in [-0.15, -0.1) is 0 Å². The van der Waals surface area contributed by atoms with E-state index in [9.17, 15) is 4.79 Å². The van der Waals surface area contributed by atoms with Crippen LogP contribution in [0.5, 0.6) is 0 Å². The maximum Gasteiger partial charge on any atom is 0.237 e. The van der Waals surface area contributed by atoms with Gasteiger partial charge >= 0.3 is 0 Å². The van der Waals surface area contributed by atoms with Crippen molar-refractivity contribution in [3.05, 3.63) is 17.5 Å². The van der Waals surface area contributed by atoms with Crippen LogP contribution in [0.1, 0.15) is 31.5 Å². The van der Waals surface area contributed by atoms with Gasteiger partial charge in [0.1, 0.15) is 0 Å². The summed E-state index contributed by atoms with van der Waals surface area (Å²) in [5.41, 5.74) is 7.88. The molecule has 0 aliphatic carbocycles. The van der Waals surface area contributed by atoms with Gasteiger partial charge < -0.3 is 11.1 Å². The summed E-state index contributed by atoms with van der Waals surface area (Å²) in [4.78, 5) is 11.7. The fraction of sp³-hybridized carbons (Fsp3) is 0.667. The van der Waals surface area contributed by atoms with Crippen molar-refractivity contribution in [3.8, 4) is 0 Å². The number of nitrogens with two attached hydrogens (primary N) is 1. The van der Waals surface area contributed by atoms with Gasteiger partial charge in [0.05, 0.1) is 12.2 Å². The summed E-state index contributed by atoms with van der Waals surface area (Å²) in [5, 5.41) is 6.96. The number of carbonyl (C=O) groups is 1. The summed E-state index contributed by atoms with van der Waals surface area (Å²) in [6, 6.07) is -0.424. The Hall–Kier alpha value is -1.36. The highest BCUT2D eigenvalue weighted by Gasteiger charge is 2.15. The van der Waals surface area contributed by atoms with Crippen LogP contribution >= 0.6 is 0 Å². The Bertz CT molecular complexity index is 384. The van der Waals surface area contributed by atoms with Crippen molar-refractivity contribution in [2.45, 2.75) is 39.8 Å². The molecule has 5 heteroatoms. The van der Waals surface area contributed by atoms with Crippen molar-refractivity contribution in [2.24, 2.45) is 18.7 Å². The number of nitrogens with one attached hydrogen (secondary N) is 1. The largest absolute Gasteiger partial charge is 0.351 e. The number of aromatic nitrogens is 2. The van der Waals surface area contributed by atoms with Gasteiger partial charge in [-0.1, -0.05) is 13.8 Å². The molecule has 0 fully saturated rings. The first-order chi connectivity index (χ1) is 7.91. The normalized spacial score (nSPS) is 12.8. The second-order valence-electron chi connectivity index (χ2n) is 4.83. The van der Waals surface area contributed by atoms with E-state index in [1.807, 2.05) is 14.0 Å². The van der Waals surface area contributed by atoms with Crippen LogP contribution in [-0.2, 0) is 18.4 Å². The zero-order valence-corrected chi connectivity index (χ0v) is 11.0. The van der Waals surface area contributed by atoms with Crippen molar-refractivity contribution in [2.75, 3.05) is 0 Å². The van der Waals surface area contributed by atoms with Crippen molar-refractivity contribution >= 4 is 5.91 Å². The second kappa shape index (κ2) is 5.82. The average Bonchev–Trinajstić information content (AvgIpc) is 2.55. The Morgan fingerprint density at radius 1 is 1.59 bits per heavy atom. The van der Waals surface area contributed by atoms with Gasteiger partial charge in [0.2, 0.25) is 5.91 Å². The number of hydrogen-bond donors (Lipinski definition) is 2. The Balaban J connectivity index is 2.45. The maximum absolute atomic E-state index is 11.7. The summed E-state index contributed by atoms with van der Waals surface area (Å²) in [7, 11) is 1.88. The highest BCUT2D eigenvalue weighted by molar-refractivity contribution is 5.81. The van der Waals surface area contributed by atoms with Gasteiger partial charge in [0.15, 0.2) is 0 Å². The molecule has 0 radical (unpaired) electrons. The quantitative estimate of drug-likeness (QED) is 0.794. The lowest BCUT2D eigenvalue weighted by atomic mass is 10.0. The maximum atomic E-state index is 11.7. The smallest absolute Gasteiger partial charge is 0.237 e. The summed E-state index contributed by atoms with van der Waals surface area (Å²) < 4.78 is 1.79.